The van der Waals surface area contributed by atoms with Gasteiger partial charge >= 0.3 is 0 Å². The Hall–Kier alpha value is -3.32. The first-order chi connectivity index (χ1) is 14.2. The quantitative estimate of drug-likeness (QED) is 0.518. The third-order valence-corrected chi connectivity index (χ3v) is 4.91. The molecule has 1 amide bonds. The van der Waals surface area contributed by atoms with Gasteiger partial charge in [-0.15, -0.1) is 0 Å². The van der Waals surface area contributed by atoms with E-state index >= 15 is 0 Å². The number of halogens is 1. The van der Waals surface area contributed by atoms with Crippen LogP contribution < -0.4 is 5.32 Å². The molecular formula is C22H21ClN6O. The predicted molar refractivity (Wildman–Crippen MR) is 117 cm³/mol. The average molecular weight is 421 g/mol. The first-order valence-electron chi connectivity index (χ1n) is 9.48. The third-order valence-electron chi connectivity index (χ3n) is 4.67. The van der Waals surface area contributed by atoms with Gasteiger partial charge in [-0.1, -0.05) is 32.4 Å². The van der Waals surface area contributed by atoms with Gasteiger partial charge in [0, 0.05) is 34.3 Å². The molecule has 0 radical (unpaired) electrons. The van der Waals surface area contributed by atoms with Crippen molar-refractivity contribution in [2.45, 2.75) is 33.1 Å². The van der Waals surface area contributed by atoms with Crippen molar-refractivity contribution in [3.8, 4) is 5.95 Å². The number of fused-ring (bicyclic) bond motifs is 1. The summed E-state index contributed by atoms with van der Waals surface area (Å²) < 4.78 is 1.54. The van der Waals surface area contributed by atoms with Crippen molar-refractivity contribution >= 4 is 34.2 Å². The molecule has 3 heterocycles. The van der Waals surface area contributed by atoms with Crippen LogP contribution in [0.2, 0.25) is 5.02 Å². The summed E-state index contributed by atoms with van der Waals surface area (Å²) in [4.78, 5) is 26.2. The molecule has 4 aromatic rings. The molecule has 4 rings (SSSR count). The fourth-order valence-corrected chi connectivity index (χ4v) is 3.23. The Kier molecular flexibility index (Phi) is 4.99. The van der Waals surface area contributed by atoms with Crippen molar-refractivity contribution in [1.82, 2.24) is 24.7 Å². The van der Waals surface area contributed by atoms with Crippen molar-refractivity contribution in [1.29, 1.82) is 0 Å². The second-order valence-electron chi connectivity index (χ2n) is 8.04. The molecule has 0 aliphatic heterocycles. The van der Waals surface area contributed by atoms with Crippen molar-refractivity contribution < 1.29 is 4.79 Å². The van der Waals surface area contributed by atoms with Crippen LogP contribution >= 0.6 is 11.6 Å². The number of nitrogens with one attached hydrogen (secondary N) is 1. The monoisotopic (exact) mass is 420 g/mol. The van der Waals surface area contributed by atoms with Crippen LogP contribution in [0.4, 0.5) is 5.82 Å². The minimum Gasteiger partial charge on any atom is -0.306 e. The minimum atomic E-state index is -0.292. The number of aromatic nitrogens is 5. The number of aryl methyl sites for hydroxylation is 1. The van der Waals surface area contributed by atoms with Crippen molar-refractivity contribution in [2.75, 3.05) is 5.32 Å². The van der Waals surface area contributed by atoms with Crippen LogP contribution in [0.1, 0.15) is 42.5 Å². The van der Waals surface area contributed by atoms with Crippen LogP contribution in [0, 0.1) is 6.92 Å². The van der Waals surface area contributed by atoms with Gasteiger partial charge in [0.05, 0.1) is 22.5 Å². The maximum Gasteiger partial charge on any atom is 0.258 e. The molecule has 0 aliphatic carbocycles. The molecular weight excluding hydrogens is 400 g/mol. The van der Waals surface area contributed by atoms with Gasteiger partial charge in [-0.3, -0.25) is 9.78 Å². The zero-order chi connectivity index (χ0) is 21.5. The highest BCUT2D eigenvalue weighted by Crippen LogP contribution is 2.26. The van der Waals surface area contributed by atoms with Gasteiger partial charge in [0.2, 0.25) is 0 Å². The van der Waals surface area contributed by atoms with Crippen LogP contribution in [0.3, 0.4) is 0 Å². The fraction of sp³-hybridized carbons (Fsp3) is 0.227. The number of benzene rings is 1. The van der Waals surface area contributed by atoms with Gasteiger partial charge in [0.15, 0.2) is 0 Å². The summed E-state index contributed by atoms with van der Waals surface area (Å²) in [5.41, 5.74) is 2.47. The standard InChI is InChI=1S/C22H21ClN6O/c1-13-16(11-14-10-15(23)6-7-17(14)26-13)20(30)27-19-12-18(22(2,3)4)28-29(19)21-24-8-5-9-25-21/h5-12H,1-4H3,(H,27,30). The molecule has 0 saturated heterocycles. The number of nitrogens with zero attached hydrogens (tertiary/aromatic N) is 5. The van der Waals surface area contributed by atoms with Gasteiger partial charge in [0.25, 0.3) is 11.9 Å². The fourth-order valence-electron chi connectivity index (χ4n) is 3.05. The third kappa shape index (κ3) is 3.89. The molecule has 30 heavy (non-hydrogen) atoms. The Morgan fingerprint density at radius 1 is 1.10 bits per heavy atom. The predicted octanol–water partition coefficient (Wildman–Crippen LogP) is 4.72. The second-order valence-corrected chi connectivity index (χ2v) is 8.47. The van der Waals surface area contributed by atoms with Crippen LogP contribution in [-0.2, 0) is 5.41 Å². The average Bonchev–Trinajstić information content (AvgIpc) is 3.12. The number of carbonyl (C=O) groups excluding carboxylic acids is 1. The lowest BCUT2D eigenvalue weighted by Crippen LogP contribution is -2.17. The Balaban J connectivity index is 1.75. The summed E-state index contributed by atoms with van der Waals surface area (Å²) >= 11 is 6.10. The van der Waals surface area contributed by atoms with Crippen molar-refractivity contribution in [3.63, 3.8) is 0 Å². The summed E-state index contributed by atoms with van der Waals surface area (Å²) in [6.45, 7) is 7.97. The normalized spacial score (nSPS) is 11.6. The maximum absolute atomic E-state index is 13.1. The Bertz CT molecular complexity index is 1240. The highest BCUT2D eigenvalue weighted by molar-refractivity contribution is 6.31. The lowest BCUT2D eigenvalue weighted by molar-refractivity contribution is 0.102. The van der Waals surface area contributed by atoms with E-state index in [-0.39, 0.29) is 11.3 Å². The van der Waals surface area contributed by atoms with Gasteiger partial charge in [0.1, 0.15) is 5.82 Å². The summed E-state index contributed by atoms with van der Waals surface area (Å²) in [6, 6.07) is 10.8. The molecule has 3 aromatic heterocycles. The number of amides is 1. The van der Waals surface area contributed by atoms with Gasteiger partial charge < -0.3 is 5.32 Å². The van der Waals surface area contributed by atoms with Crippen molar-refractivity contribution in [3.05, 3.63) is 70.8 Å². The maximum atomic E-state index is 13.1. The van der Waals surface area contributed by atoms with Crippen LogP contribution in [-0.4, -0.2) is 30.6 Å². The van der Waals surface area contributed by atoms with E-state index in [0.29, 0.717) is 28.0 Å². The largest absolute Gasteiger partial charge is 0.306 e. The van der Waals surface area contributed by atoms with Gasteiger partial charge in [-0.25, -0.2) is 9.97 Å². The summed E-state index contributed by atoms with van der Waals surface area (Å²) in [6.07, 6.45) is 3.26. The molecule has 152 valence electrons. The molecule has 1 aromatic carbocycles. The molecule has 0 fully saturated rings. The number of anilines is 1. The number of pyridine rings is 1. The van der Waals surface area contributed by atoms with E-state index in [1.165, 1.54) is 0 Å². The van der Waals surface area contributed by atoms with E-state index in [1.807, 2.05) is 12.1 Å². The van der Waals surface area contributed by atoms with E-state index in [2.05, 4.69) is 46.1 Å². The van der Waals surface area contributed by atoms with Crippen LogP contribution in [0.15, 0.2) is 48.8 Å². The van der Waals surface area contributed by atoms with Crippen LogP contribution in [0.5, 0.6) is 0 Å². The highest BCUT2D eigenvalue weighted by atomic mass is 35.5. The van der Waals surface area contributed by atoms with E-state index < -0.39 is 0 Å². The Morgan fingerprint density at radius 2 is 1.83 bits per heavy atom. The topological polar surface area (TPSA) is 85.6 Å². The SMILES string of the molecule is Cc1nc2ccc(Cl)cc2cc1C(=O)Nc1cc(C(C)(C)C)nn1-c1ncccn1. The lowest BCUT2D eigenvalue weighted by atomic mass is 9.92. The first-order valence-corrected chi connectivity index (χ1v) is 9.86. The number of carbonyl (C=O) groups is 1. The molecule has 0 saturated carbocycles. The molecule has 7 nitrogen and oxygen atoms in total. The van der Waals surface area contributed by atoms with E-state index in [9.17, 15) is 4.79 Å². The molecule has 1 N–H and O–H groups in total. The first kappa shape index (κ1) is 20.0. The Labute approximate surface area is 179 Å². The molecule has 0 unspecified atom stereocenters. The summed E-state index contributed by atoms with van der Waals surface area (Å²) in [5.74, 6) is 0.574. The zero-order valence-corrected chi connectivity index (χ0v) is 17.9. The highest BCUT2D eigenvalue weighted by Gasteiger charge is 2.23. The smallest absolute Gasteiger partial charge is 0.258 e. The number of hydrogen-bond acceptors (Lipinski definition) is 5. The molecule has 0 spiro atoms. The minimum absolute atomic E-state index is 0.212. The molecule has 0 atom stereocenters. The molecule has 8 heteroatoms. The molecule has 0 bridgehead atoms. The summed E-state index contributed by atoms with van der Waals surface area (Å²) in [5, 5.41) is 8.96. The van der Waals surface area contributed by atoms with Crippen LogP contribution in [0.25, 0.3) is 16.9 Å². The van der Waals surface area contributed by atoms with E-state index in [1.54, 1.807) is 48.3 Å². The second kappa shape index (κ2) is 7.50. The summed E-state index contributed by atoms with van der Waals surface area (Å²) in [7, 11) is 0. The van der Waals surface area contributed by atoms with E-state index in [0.717, 1.165) is 16.6 Å². The number of rotatable bonds is 3. The van der Waals surface area contributed by atoms with Crippen molar-refractivity contribution in [2.24, 2.45) is 0 Å². The van der Waals surface area contributed by atoms with E-state index in [4.69, 9.17) is 11.6 Å². The number of hydrogen-bond donors (Lipinski definition) is 1. The molecule has 0 aliphatic rings. The lowest BCUT2D eigenvalue weighted by Gasteiger charge is -2.13. The van der Waals surface area contributed by atoms with Gasteiger partial charge in [-0.2, -0.15) is 9.78 Å². The van der Waals surface area contributed by atoms with Gasteiger partial charge in [-0.05, 0) is 37.3 Å². The zero-order valence-electron chi connectivity index (χ0n) is 17.1. The Morgan fingerprint density at radius 3 is 2.53 bits per heavy atom.